The van der Waals surface area contributed by atoms with Crippen molar-refractivity contribution in [2.45, 2.75) is 44.0 Å². The van der Waals surface area contributed by atoms with E-state index in [1.165, 1.54) is 28.0 Å². The summed E-state index contributed by atoms with van der Waals surface area (Å²) in [5.41, 5.74) is 24.2. The van der Waals surface area contributed by atoms with Crippen molar-refractivity contribution in [3.8, 4) is 0 Å². The third-order valence-corrected chi connectivity index (χ3v) is 9.34. The zero-order chi connectivity index (χ0) is 26.1. The largest absolute Gasteiger partial charge is 0.382 e. The number of aromatic nitrogens is 3. The molecule has 3 aliphatic rings. The summed E-state index contributed by atoms with van der Waals surface area (Å²) in [6.45, 7) is 4.75. The van der Waals surface area contributed by atoms with Crippen molar-refractivity contribution in [2.24, 2.45) is 11.1 Å². The van der Waals surface area contributed by atoms with Crippen molar-refractivity contribution in [3.63, 3.8) is 0 Å². The first-order valence-corrected chi connectivity index (χ1v) is 13.7. The Bertz CT molecular complexity index is 1400. The Kier molecular flexibility index (Phi) is 5.54. The van der Waals surface area contributed by atoms with Crippen molar-refractivity contribution < 1.29 is 4.79 Å². The number of anilines is 3. The number of nitrogens with two attached hydrogens (primary N) is 3. The predicted molar refractivity (Wildman–Crippen MR) is 152 cm³/mol. The van der Waals surface area contributed by atoms with Gasteiger partial charge >= 0.3 is 0 Å². The standard InChI is InChI=1S/C25H32B2N8OS/c1-13-2-3-14-9-24(19(28)15(14)8-13)4-6-34(7-5-24)17-10-31-18(21(29)32-17)22(36)35-11-16-20(25(26,27)12-35)33-23(30)37-16/h2-3,8,10,19H,4-7,9,11-12,26-28H2,1H3,(H2,29,32)(H2,30,33)/t19-/m1/s1. The van der Waals surface area contributed by atoms with Crippen LogP contribution in [-0.4, -0.2) is 61.1 Å². The number of hydrogen-bond donors (Lipinski definition) is 3. The fourth-order valence-corrected chi connectivity index (χ4v) is 7.47. The first-order valence-electron chi connectivity index (χ1n) is 12.8. The molecule has 4 heterocycles. The second-order valence-corrected chi connectivity index (χ2v) is 12.7. The van der Waals surface area contributed by atoms with Gasteiger partial charge in [-0.1, -0.05) is 23.8 Å². The number of carbonyl (C=O) groups is 1. The van der Waals surface area contributed by atoms with Crippen LogP contribution in [0.2, 0.25) is 0 Å². The van der Waals surface area contributed by atoms with Gasteiger partial charge in [0.2, 0.25) is 0 Å². The number of amides is 1. The molecule has 6 N–H and O–H groups in total. The first-order chi connectivity index (χ1) is 17.6. The van der Waals surface area contributed by atoms with E-state index in [0.29, 0.717) is 24.0 Å². The second-order valence-electron chi connectivity index (χ2n) is 11.5. The van der Waals surface area contributed by atoms with Crippen LogP contribution in [0.4, 0.5) is 16.8 Å². The fraction of sp³-hybridized carbons (Fsp3) is 0.440. The molecule has 3 aromatic rings. The summed E-state index contributed by atoms with van der Waals surface area (Å²) >= 11 is 1.43. The van der Waals surface area contributed by atoms with Crippen LogP contribution in [0, 0.1) is 12.3 Å². The highest BCUT2D eigenvalue weighted by atomic mass is 32.1. The third-order valence-electron chi connectivity index (χ3n) is 8.47. The van der Waals surface area contributed by atoms with E-state index < -0.39 is 0 Å². The van der Waals surface area contributed by atoms with Gasteiger partial charge in [0, 0.05) is 30.6 Å². The van der Waals surface area contributed by atoms with Crippen LogP contribution in [0.3, 0.4) is 0 Å². The number of hydrogen-bond acceptors (Lipinski definition) is 9. The zero-order valence-corrected chi connectivity index (χ0v) is 22.4. The molecule has 1 aromatic carbocycles. The Hall–Kier alpha value is -3.11. The number of piperidine rings is 1. The number of rotatable bonds is 2. The van der Waals surface area contributed by atoms with Gasteiger partial charge in [0.1, 0.15) is 21.5 Å². The average Bonchev–Trinajstić information content (AvgIpc) is 3.36. The fourth-order valence-electron chi connectivity index (χ4n) is 6.44. The number of nitrogen functional groups attached to an aromatic ring is 2. The lowest BCUT2D eigenvalue weighted by Crippen LogP contribution is -2.49. The molecule has 2 aromatic heterocycles. The van der Waals surface area contributed by atoms with Crippen LogP contribution in [0.15, 0.2) is 24.4 Å². The molecular weight excluding hydrogens is 482 g/mol. The van der Waals surface area contributed by atoms with Gasteiger partial charge in [-0.2, -0.15) is 0 Å². The van der Waals surface area contributed by atoms with Crippen LogP contribution in [0.5, 0.6) is 0 Å². The van der Waals surface area contributed by atoms with Crippen LogP contribution in [0.1, 0.15) is 56.6 Å². The van der Waals surface area contributed by atoms with Gasteiger partial charge in [-0.15, -0.1) is 11.3 Å². The lowest BCUT2D eigenvalue weighted by Gasteiger charge is -2.42. The Labute approximate surface area is 222 Å². The molecule has 1 fully saturated rings. The Morgan fingerprint density at radius 1 is 1.19 bits per heavy atom. The van der Waals surface area contributed by atoms with Gasteiger partial charge in [0.05, 0.1) is 18.4 Å². The average molecular weight is 514 g/mol. The number of nitrogens with zero attached hydrogens (tertiary/aromatic N) is 5. The van der Waals surface area contributed by atoms with Gasteiger partial charge in [-0.25, -0.2) is 15.0 Å². The molecule has 6 rings (SSSR count). The molecule has 1 atom stereocenters. The smallest absolute Gasteiger partial charge is 0.276 e. The van der Waals surface area contributed by atoms with E-state index >= 15 is 0 Å². The molecule has 2 aliphatic heterocycles. The molecule has 0 saturated carbocycles. The van der Waals surface area contributed by atoms with Crippen molar-refractivity contribution in [3.05, 3.63) is 57.4 Å². The van der Waals surface area contributed by atoms with Crippen LogP contribution < -0.4 is 22.1 Å². The summed E-state index contributed by atoms with van der Waals surface area (Å²) in [5, 5.41) is 0.222. The maximum Gasteiger partial charge on any atom is 0.276 e. The molecule has 9 nitrogen and oxygen atoms in total. The Morgan fingerprint density at radius 3 is 2.68 bits per heavy atom. The molecule has 12 heteroatoms. The molecule has 0 bridgehead atoms. The highest BCUT2D eigenvalue weighted by Gasteiger charge is 2.46. The summed E-state index contributed by atoms with van der Waals surface area (Å²) in [7, 11) is 4.14. The number of benzene rings is 1. The molecule has 37 heavy (non-hydrogen) atoms. The quantitative estimate of drug-likeness (QED) is 0.416. The summed E-state index contributed by atoms with van der Waals surface area (Å²) in [6, 6.07) is 6.72. The van der Waals surface area contributed by atoms with Crippen LogP contribution in [0.25, 0.3) is 0 Å². The van der Waals surface area contributed by atoms with E-state index in [-0.39, 0.29) is 34.1 Å². The van der Waals surface area contributed by atoms with E-state index in [0.717, 1.165) is 42.9 Å². The summed E-state index contributed by atoms with van der Waals surface area (Å²) < 4.78 is 0. The molecule has 1 saturated heterocycles. The predicted octanol–water partition coefficient (Wildman–Crippen LogP) is 0.324. The normalized spacial score (nSPS) is 21.6. The molecular formula is C25H32B2N8OS. The Balaban J connectivity index is 1.16. The third kappa shape index (κ3) is 3.97. The SMILES string of the molecule is BC1(B)CN(C(=O)c2ncc(N3CCC4(CC3)Cc3ccc(C)cc3[C@H]4N)nc2N)Cc2sc(N)nc21. The topological polar surface area (TPSA) is 140 Å². The lowest BCUT2D eigenvalue weighted by atomic mass is 9.51. The highest BCUT2D eigenvalue weighted by molar-refractivity contribution is 7.15. The van der Waals surface area contributed by atoms with E-state index in [1.54, 1.807) is 11.1 Å². The minimum absolute atomic E-state index is 0.0592. The minimum atomic E-state index is -0.303. The van der Waals surface area contributed by atoms with Gasteiger partial charge in [-0.3, -0.25) is 4.79 Å². The van der Waals surface area contributed by atoms with Crippen molar-refractivity contribution in [1.82, 2.24) is 19.9 Å². The summed E-state index contributed by atoms with van der Waals surface area (Å²) in [6.07, 6.45) is 4.67. The molecule has 0 unspecified atom stereocenters. The van der Waals surface area contributed by atoms with Crippen LogP contribution in [-0.2, 0) is 18.2 Å². The van der Waals surface area contributed by atoms with Gasteiger partial charge in [0.15, 0.2) is 16.6 Å². The second kappa shape index (κ2) is 8.46. The maximum atomic E-state index is 13.4. The molecule has 1 amide bonds. The molecule has 1 spiro atoms. The molecule has 1 aliphatic carbocycles. The molecule has 190 valence electrons. The number of fused-ring (bicyclic) bond motifs is 2. The number of thiazole rings is 1. The molecule has 0 radical (unpaired) electrons. The maximum absolute atomic E-state index is 13.4. The zero-order valence-electron chi connectivity index (χ0n) is 21.6. The lowest BCUT2D eigenvalue weighted by molar-refractivity contribution is 0.0720. The van der Waals surface area contributed by atoms with E-state index in [4.69, 9.17) is 17.2 Å². The van der Waals surface area contributed by atoms with E-state index in [1.807, 2.05) is 0 Å². The van der Waals surface area contributed by atoms with Gasteiger partial charge in [0.25, 0.3) is 5.91 Å². The van der Waals surface area contributed by atoms with E-state index in [2.05, 4.69) is 60.7 Å². The van der Waals surface area contributed by atoms with Crippen molar-refractivity contribution in [2.75, 3.05) is 36.0 Å². The van der Waals surface area contributed by atoms with Crippen molar-refractivity contribution >= 4 is 49.7 Å². The minimum Gasteiger partial charge on any atom is -0.382 e. The first kappa shape index (κ1) is 24.2. The Morgan fingerprint density at radius 2 is 1.95 bits per heavy atom. The highest BCUT2D eigenvalue weighted by Crippen LogP contribution is 2.51. The van der Waals surface area contributed by atoms with Gasteiger partial charge in [-0.05, 0) is 47.9 Å². The van der Waals surface area contributed by atoms with E-state index in [9.17, 15) is 4.79 Å². The summed E-state index contributed by atoms with van der Waals surface area (Å²) in [4.78, 5) is 32.0. The summed E-state index contributed by atoms with van der Waals surface area (Å²) in [5.74, 6) is 0.654. The van der Waals surface area contributed by atoms with Gasteiger partial charge < -0.3 is 27.0 Å². The number of aryl methyl sites for hydroxylation is 1. The monoisotopic (exact) mass is 514 g/mol. The number of carbonyl (C=O) groups excluding carboxylic acids is 1. The van der Waals surface area contributed by atoms with Crippen molar-refractivity contribution in [1.29, 1.82) is 0 Å². The van der Waals surface area contributed by atoms with Crippen LogP contribution >= 0.6 is 11.3 Å².